The molecule has 0 amide bonds. The molecule has 4 rings (SSSR count). The number of carbonyl (C=O) groups is 3. The number of rotatable bonds is 16. The molecule has 0 heterocycles. The van der Waals surface area contributed by atoms with Crippen molar-refractivity contribution in [2.24, 2.45) is 11.8 Å². The Bertz CT molecular complexity index is 1020. The van der Waals surface area contributed by atoms with Gasteiger partial charge in [0, 0.05) is 37.5 Å². The van der Waals surface area contributed by atoms with Crippen molar-refractivity contribution in [2.75, 3.05) is 0 Å². The second-order valence-corrected chi connectivity index (χ2v) is 13.3. The number of Topliss-reactive ketones (excluding diaryl/α,β-unsaturated/α-hetero) is 3. The molecule has 2 aromatic rings. The van der Waals surface area contributed by atoms with Crippen molar-refractivity contribution < 1.29 is 14.4 Å². The smallest absolute Gasteiger partial charge is 0.141 e. The second kappa shape index (κ2) is 16.9. The van der Waals surface area contributed by atoms with Gasteiger partial charge in [-0.3, -0.25) is 14.4 Å². The first-order valence-electron chi connectivity index (χ1n) is 17.2. The van der Waals surface area contributed by atoms with Crippen LogP contribution in [-0.4, -0.2) is 17.3 Å². The largest absolute Gasteiger partial charge is 0.299 e. The third kappa shape index (κ3) is 9.75. The first kappa shape index (κ1) is 32.4. The molecule has 0 saturated heterocycles. The van der Waals surface area contributed by atoms with E-state index in [0.717, 1.165) is 101 Å². The van der Waals surface area contributed by atoms with E-state index in [1.165, 1.54) is 24.0 Å². The molecule has 228 valence electrons. The van der Waals surface area contributed by atoms with Crippen LogP contribution in [0, 0.1) is 11.8 Å². The summed E-state index contributed by atoms with van der Waals surface area (Å²) in [6.45, 7) is 4.37. The fourth-order valence-corrected chi connectivity index (χ4v) is 7.34. The normalized spacial score (nSPS) is 22.5. The molecule has 2 aliphatic carbocycles. The van der Waals surface area contributed by atoms with Crippen LogP contribution < -0.4 is 0 Å². The maximum atomic E-state index is 12.9. The average molecular weight is 571 g/mol. The highest BCUT2D eigenvalue weighted by Crippen LogP contribution is 2.38. The third-order valence-electron chi connectivity index (χ3n) is 10.1. The lowest BCUT2D eigenvalue weighted by molar-refractivity contribution is -0.124. The first-order chi connectivity index (χ1) is 20.5. The summed E-state index contributed by atoms with van der Waals surface area (Å²) in [6.07, 6.45) is 17.7. The average Bonchev–Trinajstić information content (AvgIpc) is 3.02. The van der Waals surface area contributed by atoms with Gasteiger partial charge < -0.3 is 0 Å². The first-order valence-corrected chi connectivity index (χ1v) is 17.2. The van der Waals surface area contributed by atoms with Gasteiger partial charge in [0.15, 0.2) is 0 Å². The highest BCUT2D eigenvalue weighted by Gasteiger charge is 2.27. The lowest BCUT2D eigenvalue weighted by Crippen LogP contribution is -2.21. The van der Waals surface area contributed by atoms with Gasteiger partial charge >= 0.3 is 0 Å². The van der Waals surface area contributed by atoms with E-state index in [2.05, 4.69) is 62.4 Å². The summed E-state index contributed by atoms with van der Waals surface area (Å²) >= 11 is 0. The lowest BCUT2D eigenvalue weighted by atomic mass is 9.76. The van der Waals surface area contributed by atoms with Crippen molar-refractivity contribution in [3.05, 3.63) is 70.8 Å². The number of hydrogen-bond acceptors (Lipinski definition) is 3. The van der Waals surface area contributed by atoms with Crippen LogP contribution in [0.4, 0.5) is 0 Å². The highest BCUT2D eigenvalue weighted by molar-refractivity contribution is 5.83. The number of carbonyl (C=O) groups excluding carboxylic acids is 3. The minimum absolute atomic E-state index is 0.250. The molecule has 0 aliphatic heterocycles. The van der Waals surface area contributed by atoms with Crippen LogP contribution in [0.5, 0.6) is 0 Å². The van der Waals surface area contributed by atoms with Crippen LogP contribution in [0.3, 0.4) is 0 Å². The van der Waals surface area contributed by atoms with Gasteiger partial charge in [-0.05, 0) is 98.3 Å². The van der Waals surface area contributed by atoms with E-state index in [4.69, 9.17) is 0 Å². The third-order valence-corrected chi connectivity index (χ3v) is 10.1. The number of ketones is 3. The van der Waals surface area contributed by atoms with Crippen LogP contribution in [0.25, 0.3) is 0 Å². The zero-order valence-corrected chi connectivity index (χ0v) is 26.4. The van der Waals surface area contributed by atoms with Gasteiger partial charge in [0.25, 0.3) is 0 Å². The molecule has 2 saturated carbocycles. The molecule has 2 aliphatic rings. The van der Waals surface area contributed by atoms with Crippen molar-refractivity contribution >= 4 is 17.3 Å². The summed E-state index contributed by atoms with van der Waals surface area (Å²) in [5.74, 6) is 2.84. The zero-order valence-electron chi connectivity index (χ0n) is 26.4. The fraction of sp³-hybridized carbons (Fsp3) is 0.615. The van der Waals surface area contributed by atoms with Crippen LogP contribution in [0.1, 0.15) is 151 Å². The molecular formula is C39H54O3. The molecule has 2 aromatic carbocycles. The number of benzene rings is 2. The van der Waals surface area contributed by atoms with Gasteiger partial charge in [0.05, 0.1) is 0 Å². The van der Waals surface area contributed by atoms with Crippen LogP contribution in [-0.2, 0) is 27.2 Å². The molecule has 0 aromatic heterocycles. The fourth-order valence-electron chi connectivity index (χ4n) is 7.34. The number of unbranched alkanes of at least 4 members (excludes halogenated alkanes) is 4. The van der Waals surface area contributed by atoms with E-state index in [-0.39, 0.29) is 17.6 Å². The van der Waals surface area contributed by atoms with Crippen LogP contribution in [0.2, 0.25) is 0 Å². The molecule has 0 radical (unpaired) electrons. The molecule has 3 nitrogen and oxygen atoms in total. The Kier molecular flexibility index (Phi) is 13.0. The summed E-state index contributed by atoms with van der Waals surface area (Å²) in [5.41, 5.74) is 4.88. The van der Waals surface area contributed by atoms with Gasteiger partial charge in [0.1, 0.15) is 17.3 Å². The van der Waals surface area contributed by atoms with E-state index in [1.54, 1.807) is 0 Å². The Hall–Kier alpha value is -2.55. The molecule has 0 N–H and O–H groups in total. The van der Waals surface area contributed by atoms with Crippen molar-refractivity contribution in [1.29, 1.82) is 0 Å². The van der Waals surface area contributed by atoms with Gasteiger partial charge in [-0.25, -0.2) is 0 Å². The predicted molar refractivity (Wildman–Crippen MR) is 173 cm³/mol. The summed E-state index contributed by atoms with van der Waals surface area (Å²) < 4.78 is 0. The van der Waals surface area contributed by atoms with E-state index in [0.29, 0.717) is 36.2 Å². The van der Waals surface area contributed by atoms with E-state index >= 15 is 0 Å². The lowest BCUT2D eigenvalue weighted by Gasteiger charge is -2.28. The maximum absolute atomic E-state index is 12.9. The minimum atomic E-state index is 0.250. The zero-order chi connectivity index (χ0) is 29.7. The van der Waals surface area contributed by atoms with Crippen molar-refractivity contribution in [2.45, 2.75) is 141 Å². The maximum Gasteiger partial charge on any atom is 0.141 e. The van der Waals surface area contributed by atoms with Gasteiger partial charge in [-0.1, -0.05) is 88.1 Å². The van der Waals surface area contributed by atoms with Crippen molar-refractivity contribution in [3.63, 3.8) is 0 Å². The second-order valence-electron chi connectivity index (χ2n) is 13.3. The quantitative estimate of drug-likeness (QED) is 0.189. The highest BCUT2D eigenvalue weighted by atomic mass is 16.1. The van der Waals surface area contributed by atoms with E-state index in [9.17, 15) is 14.4 Å². The molecule has 42 heavy (non-hydrogen) atoms. The minimum Gasteiger partial charge on any atom is -0.299 e. The van der Waals surface area contributed by atoms with Crippen LogP contribution in [0.15, 0.2) is 48.5 Å². The Labute approximate surface area is 255 Å². The van der Waals surface area contributed by atoms with Gasteiger partial charge in [0.2, 0.25) is 0 Å². The monoisotopic (exact) mass is 570 g/mol. The topological polar surface area (TPSA) is 51.2 Å². The van der Waals surface area contributed by atoms with E-state index < -0.39 is 0 Å². The summed E-state index contributed by atoms with van der Waals surface area (Å²) in [4.78, 5) is 37.9. The molecule has 0 spiro atoms. The van der Waals surface area contributed by atoms with E-state index in [1.807, 2.05) is 0 Å². The molecule has 0 unspecified atom stereocenters. The Morgan fingerprint density at radius 2 is 0.881 bits per heavy atom. The summed E-state index contributed by atoms with van der Waals surface area (Å²) in [7, 11) is 0. The van der Waals surface area contributed by atoms with Crippen molar-refractivity contribution in [3.8, 4) is 0 Å². The van der Waals surface area contributed by atoms with Gasteiger partial charge in [-0.2, -0.15) is 0 Å². The predicted octanol–water partition coefficient (Wildman–Crippen LogP) is 9.89. The van der Waals surface area contributed by atoms with Gasteiger partial charge in [-0.15, -0.1) is 0 Å². The van der Waals surface area contributed by atoms with Crippen molar-refractivity contribution in [1.82, 2.24) is 0 Å². The Morgan fingerprint density at radius 1 is 0.524 bits per heavy atom. The number of hydrogen-bond donors (Lipinski definition) is 0. The molecule has 3 heteroatoms. The standard InChI is InChI=1S/C39H54O3/c1-3-5-7-9-38(41)35-23-19-33(20-24-35)31-15-11-29(12-16-31)27-37(40)28-30-13-17-32(18-14-30)34-21-25-36(26-22-34)39(42)10-8-6-4-2/h11-18,33-36H,3-10,19-28H2,1-2H3/t33-,34?,35-,36?. The molecule has 0 atom stereocenters. The Balaban J connectivity index is 1.18. The Morgan fingerprint density at radius 3 is 1.21 bits per heavy atom. The summed E-state index contributed by atoms with van der Waals surface area (Å²) in [5, 5.41) is 0. The SMILES string of the molecule is CCCCCC(=O)C1CCC(c2ccc(CC(=O)Cc3ccc([C@H]4CC[C@H](C(=O)CCCCC)CC4)cc3)cc2)CC1. The van der Waals surface area contributed by atoms with Crippen LogP contribution >= 0.6 is 0 Å². The molecule has 2 fully saturated rings. The molecule has 0 bridgehead atoms. The molecular weight excluding hydrogens is 516 g/mol. The summed E-state index contributed by atoms with van der Waals surface area (Å²) in [6, 6.07) is 17.3.